The van der Waals surface area contributed by atoms with Gasteiger partial charge in [0.1, 0.15) is 10.3 Å². The molecule has 0 spiro atoms. The van der Waals surface area contributed by atoms with E-state index >= 15 is 0 Å². The number of nitrogens with zero attached hydrogens (tertiary/aromatic N) is 2. The number of fused-ring (bicyclic) bond motifs is 1. The second-order valence-corrected chi connectivity index (χ2v) is 4.59. The zero-order valence-corrected chi connectivity index (χ0v) is 9.16. The van der Waals surface area contributed by atoms with E-state index in [2.05, 4.69) is 25.3 Å². The number of nitrogens with two attached hydrogens (primary N) is 1. The van der Waals surface area contributed by atoms with Crippen LogP contribution in [0.3, 0.4) is 0 Å². The summed E-state index contributed by atoms with van der Waals surface area (Å²) in [5.74, 6) is 0. The van der Waals surface area contributed by atoms with Crippen molar-refractivity contribution >= 4 is 21.6 Å². The predicted octanol–water partition coefficient (Wildman–Crippen LogP) is 2.04. The van der Waals surface area contributed by atoms with Crippen LogP contribution in [-0.4, -0.2) is 9.38 Å². The van der Waals surface area contributed by atoms with Crippen molar-refractivity contribution in [1.29, 1.82) is 0 Å². The van der Waals surface area contributed by atoms with Crippen LogP contribution in [0.2, 0.25) is 0 Å². The van der Waals surface area contributed by atoms with Gasteiger partial charge in [0.15, 0.2) is 0 Å². The maximum Gasteiger partial charge on any atom is 0.138 e. The largest absolute Gasteiger partial charge is 0.320 e. The fraction of sp³-hybridized carbons (Fsp3) is 0.300. The Labute approximate surface area is 90.1 Å². The van der Waals surface area contributed by atoms with Gasteiger partial charge in [0.25, 0.3) is 0 Å². The first-order valence-corrected chi connectivity index (χ1v) is 5.42. The van der Waals surface area contributed by atoms with Crippen molar-refractivity contribution in [1.82, 2.24) is 9.38 Å². The van der Waals surface area contributed by atoms with Gasteiger partial charge in [0.2, 0.25) is 0 Å². The van der Waals surface area contributed by atoms with Crippen LogP contribution >= 0.6 is 15.9 Å². The topological polar surface area (TPSA) is 43.3 Å². The van der Waals surface area contributed by atoms with E-state index in [-0.39, 0.29) is 5.54 Å². The van der Waals surface area contributed by atoms with E-state index < -0.39 is 0 Å². The first-order valence-electron chi connectivity index (χ1n) is 4.63. The molecule has 72 valence electrons. The maximum absolute atomic E-state index is 6.19. The normalized spacial score (nSPS) is 18.7. The molecular weight excluding hydrogens is 242 g/mol. The molecule has 3 rings (SSSR count). The number of rotatable bonds is 1. The standard InChI is InChI=1S/C10H10BrN3/c11-9-8(10(12)4-5-10)14-6-2-1-3-7(14)13-9/h1-3,6H,4-5,12H2. The minimum atomic E-state index is -0.153. The van der Waals surface area contributed by atoms with Gasteiger partial charge in [0, 0.05) is 6.20 Å². The number of imidazole rings is 1. The van der Waals surface area contributed by atoms with E-state index in [1.165, 1.54) is 0 Å². The summed E-state index contributed by atoms with van der Waals surface area (Å²) in [6, 6.07) is 5.96. The lowest BCUT2D eigenvalue weighted by Gasteiger charge is -2.08. The number of hydrogen-bond donors (Lipinski definition) is 1. The van der Waals surface area contributed by atoms with Crippen LogP contribution in [0.4, 0.5) is 0 Å². The molecule has 0 radical (unpaired) electrons. The van der Waals surface area contributed by atoms with Crippen molar-refractivity contribution in [3.05, 3.63) is 34.7 Å². The van der Waals surface area contributed by atoms with Crippen molar-refractivity contribution in [2.24, 2.45) is 5.73 Å². The summed E-state index contributed by atoms with van der Waals surface area (Å²) in [5.41, 5.74) is 8.09. The average Bonchev–Trinajstić information content (AvgIpc) is 2.79. The van der Waals surface area contributed by atoms with Crippen LogP contribution in [0.5, 0.6) is 0 Å². The Balaban J connectivity index is 2.36. The molecule has 1 aliphatic rings. The van der Waals surface area contributed by atoms with E-state index in [1.807, 2.05) is 24.4 Å². The third-order valence-electron chi connectivity index (χ3n) is 2.75. The molecule has 0 amide bonds. The maximum atomic E-state index is 6.19. The van der Waals surface area contributed by atoms with Gasteiger partial charge >= 0.3 is 0 Å². The lowest BCUT2D eigenvalue weighted by molar-refractivity contribution is 0.694. The van der Waals surface area contributed by atoms with Crippen molar-refractivity contribution in [2.75, 3.05) is 0 Å². The Hall–Kier alpha value is -0.870. The van der Waals surface area contributed by atoms with Crippen molar-refractivity contribution < 1.29 is 0 Å². The Morgan fingerprint density at radius 2 is 2.21 bits per heavy atom. The molecule has 4 heteroatoms. The molecule has 14 heavy (non-hydrogen) atoms. The van der Waals surface area contributed by atoms with E-state index in [4.69, 9.17) is 5.73 Å². The van der Waals surface area contributed by atoms with Crippen LogP contribution in [0, 0.1) is 0 Å². The zero-order chi connectivity index (χ0) is 9.76. The quantitative estimate of drug-likeness (QED) is 0.844. The van der Waals surface area contributed by atoms with Crippen molar-refractivity contribution in [3.8, 4) is 0 Å². The Bertz CT molecular complexity index is 499. The van der Waals surface area contributed by atoms with Gasteiger partial charge in [0.05, 0.1) is 11.2 Å². The fourth-order valence-corrected chi connectivity index (χ4v) is 2.55. The smallest absolute Gasteiger partial charge is 0.138 e. The monoisotopic (exact) mass is 251 g/mol. The fourth-order valence-electron chi connectivity index (χ4n) is 1.78. The molecule has 1 aliphatic carbocycles. The lowest BCUT2D eigenvalue weighted by atomic mass is 10.2. The van der Waals surface area contributed by atoms with Crippen LogP contribution in [0.25, 0.3) is 5.65 Å². The molecule has 0 aromatic carbocycles. The lowest BCUT2D eigenvalue weighted by Crippen LogP contribution is -2.21. The summed E-state index contributed by atoms with van der Waals surface area (Å²) >= 11 is 3.47. The molecule has 2 heterocycles. The SMILES string of the molecule is NC1(c2c(Br)nc3ccccn23)CC1. The van der Waals surface area contributed by atoms with E-state index in [9.17, 15) is 0 Å². The molecular formula is C10H10BrN3. The minimum absolute atomic E-state index is 0.153. The second-order valence-electron chi connectivity index (χ2n) is 3.84. The molecule has 0 saturated heterocycles. The summed E-state index contributed by atoms with van der Waals surface area (Å²) < 4.78 is 2.94. The van der Waals surface area contributed by atoms with Crippen LogP contribution in [0.1, 0.15) is 18.5 Å². The van der Waals surface area contributed by atoms with Gasteiger partial charge in [-0.15, -0.1) is 0 Å². The number of halogens is 1. The number of pyridine rings is 1. The molecule has 1 fully saturated rings. The molecule has 2 N–H and O–H groups in total. The molecule has 0 bridgehead atoms. The second kappa shape index (κ2) is 2.58. The van der Waals surface area contributed by atoms with Gasteiger partial charge < -0.3 is 10.1 Å². The Kier molecular flexibility index (Phi) is 1.56. The highest BCUT2D eigenvalue weighted by molar-refractivity contribution is 9.10. The van der Waals surface area contributed by atoms with Crippen LogP contribution in [0.15, 0.2) is 29.0 Å². The van der Waals surface area contributed by atoms with Gasteiger partial charge in [-0.05, 0) is 40.9 Å². The van der Waals surface area contributed by atoms with Crippen molar-refractivity contribution in [2.45, 2.75) is 18.4 Å². The predicted molar refractivity (Wildman–Crippen MR) is 58.0 cm³/mol. The molecule has 0 atom stereocenters. The van der Waals surface area contributed by atoms with Gasteiger partial charge in [-0.2, -0.15) is 0 Å². The Morgan fingerprint density at radius 1 is 1.43 bits per heavy atom. The average molecular weight is 252 g/mol. The number of hydrogen-bond acceptors (Lipinski definition) is 2. The van der Waals surface area contributed by atoms with E-state index in [1.54, 1.807) is 0 Å². The summed E-state index contributed by atoms with van der Waals surface area (Å²) in [5, 5.41) is 0. The first kappa shape index (κ1) is 8.44. The minimum Gasteiger partial charge on any atom is -0.320 e. The van der Waals surface area contributed by atoms with Gasteiger partial charge in [-0.3, -0.25) is 0 Å². The summed E-state index contributed by atoms with van der Waals surface area (Å²) in [4.78, 5) is 4.42. The summed E-state index contributed by atoms with van der Waals surface area (Å²) in [6.07, 6.45) is 4.11. The van der Waals surface area contributed by atoms with Gasteiger partial charge in [-0.25, -0.2) is 4.98 Å². The highest BCUT2D eigenvalue weighted by atomic mass is 79.9. The highest BCUT2D eigenvalue weighted by Crippen LogP contribution is 2.45. The molecule has 0 aliphatic heterocycles. The highest BCUT2D eigenvalue weighted by Gasteiger charge is 2.44. The zero-order valence-electron chi connectivity index (χ0n) is 7.57. The number of aromatic nitrogens is 2. The summed E-state index contributed by atoms with van der Waals surface area (Å²) in [7, 11) is 0. The van der Waals surface area contributed by atoms with Crippen molar-refractivity contribution in [3.63, 3.8) is 0 Å². The van der Waals surface area contributed by atoms with E-state index in [0.29, 0.717) is 0 Å². The molecule has 2 aromatic heterocycles. The molecule has 2 aromatic rings. The van der Waals surface area contributed by atoms with Crippen LogP contribution < -0.4 is 5.73 Å². The molecule has 3 nitrogen and oxygen atoms in total. The Morgan fingerprint density at radius 3 is 2.93 bits per heavy atom. The molecule has 1 saturated carbocycles. The molecule has 0 unspecified atom stereocenters. The first-order chi connectivity index (χ1) is 6.71. The van der Waals surface area contributed by atoms with E-state index in [0.717, 1.165) is 28.8 Å². The van der Waals surface area contributed by atoms with Gasteiger partial charge in [-0.1, -0.05) is 6.07 Å². The third kappa shape index (κ3) is 1.04. The summed E-state index contributed by atoms with van der Waals surface area (Å²) in [6.45, 7) is 0. The third-order valence-corrected chi connectivity index (χ3v) is 3.30. The van der Waals surface area contributed by atoms with Crippen LogP contribution in [-0.2, 0) is 5.54 Å².